The maximum absolute atomic E-state index is 4.60. The largest absolute Gasteiger partial charge is 0.340 e. The molecule has 0 amide bonds. The number of hydrogen-bond donors (Lipinski definition) is 2. The van der Waals surface area contributed by atoms with Gasteiger partial charge in [-0.3, -0.25) is 10.1 Å². The van der Waals surface area contributed by atoms with Crippen molar-refractivity contribution in [2.24, 2.45) is 5.92 Å². The molecule has 0 unspecified atom stereocenters. The van der Waals surface area contributed by atoms with Crippen LogP contribution < -0.4 is 10.2 Å². The van der Waals surface area contributed by atoms with Crippen molar-refractivity contribution in [3.05, 3.63) is 22.9 Å². The first-order valence-corrected chi connectivity index (χ1v) is 7.98. The van der Waals surface area contributed by atoms with E-state index in [1.165, 1.54) is 12.8 Å². The van der Waals surface area contributed by atoms with E-state index in [9.17, 15) is 0 Å². The van der Waals surface area contributed by atoms with Gasteiger partial charge in [0.2, 0.25) is 5.95 Å². The highest BCUT2D eigenvalue weighted by Gasteiger charge is 2.21. The molecule has 2 aromatic heterocycles. The molecule has 0 aliphatic carbocycles. The lowest BCUT2D eigenvalue weighted by Crippen LogP contribution is -2.37. The molecule has 3 rings (SSSR count). The number of nitrogens with one attached hydrogen (secondary N) is 2. The first-order valence-electron chi connectivity index (χ1n) is 7.19. The lowest BCUT2D eigenvalue weighted by atomic mass is 9.97. The summed E-state index contributed by atoms with van der Waals surface area (Å²) >= 11 is 3.42. The molecule has 6 nitrogen and oxygen atoms in total. The Balaban J connectivity index is 1.68. The lowest BCUT2D eigenvalue weighted by Gasteiger charge is -2.30. The Kier molecular flexibility index (Phi) is 4.50. The van der Waals surface area contributed by atoms with Gasteiger partial charge in [-0.2, -0.15) is 4.98 Å². The van der Waals surface area contributed by atoms with Crippen LogP contribution in [-0.4, -0.2) is 46.8 Å². The van der Waals surface area contributed by atoms with E-state index >= 15 is 0 Å². The normalized spacial score (nSPS) is 16.4. The van der Waals surface area contributed by atoms with Gasteiger partial charge in [0.05, 0.1) is 0 Å². The predicted octanol–water partition coefficient (Wildman–Crippen LogP) is 2.06. The summed E-state index contributed by atoms with van der Waals surface area (Å²) in [6.45, 7) is 3.12. The van der Waals surface area contributed by atoms with Crippen LogP contribution in [-0.2, 0) is 0 Å². The summed E-state index contributed by atoms with van der Waals surface area (Å²) in [7, 11) is 2.01. The summed E-state index contributed by atoms with van der Waals surface area (Å²) in [5.74, 6) is 2.31. The second-order valence-electron chi connectivity index (χ2n) is 5.36. The van der Waals surface area contributed by atoms with Crippen molar-refractivity contribution < 1.29 is 0 Å². The van der Waals surface area contributed by atoms with Gasteiger partial charge in [-0.1, -0.05) is 0 Å². The van der Waals surface area contributed by atoms with Crippen molar-refractivity contribution in [3.63, 3.8) is 0 Å². The average molecular weight is 351 g/mol. The fraction of sp³-hybridized carbons (Fsp3) is 0.500. The van der Waals surface area contributed by atoms with Gasteiger partial charge in [-0.05, 0) is 54.3 Å². The van der Waals surface area contributed by atoms with Gasteiger partial charge in [0, 0.05) is 35.5 Å². The number of hydrogen-bond acceptors (Lipinski definition) is 5. The van der Waals surface area contributed by atoms with Crippen LogP contribution in [0.5, 0.6) is 0 Å². The van der Waals surface area contributed by atoms with Crippen LogP contribution in [0.1, 0.15) is 12.8 Å². The highest BCUT2D eigenvalue weighted by atomic mass is 79.9. The Hall–Kier alpha value is -1.47. The molecule has 1 saturated heterocycles. The summed E-state index contributed by atoms with van der Waals surface area (Å²) in [6.07, 6.45) is 5.91. The smallest absolute Gasteiger partial charge is 0.245 e. The first-order chi connectivity index (χ1) is 10.3. The number of pyridine rings is 1. The van der Waals surface area contributed by atoms with E-state index in [4.69, 9.17) is 0 Å². The van der Waals surface area contributed by atoms with Gasteiger partial charge in [0.25, 0.3) is 0 Å². The van der Waals surface area contributed by atoms with Crippen molar-refractivity contribution >= 4 is 21.9 Å². The van der Waals surface area contributed by atoms with Gasteiger partial charge >= 0.3 is 0 Å². The molecule has 1 aliphatic heterocycles. The van der Waals surface area contributed by atoms with Crippen molar-refractivity contribution in [2.75, 3.05) is 31.6 Å². The quantitative estimate of drug-likeness (QED) is 0.883. The second-order valence-corrected chi connectivity index (χ2v) is 6.28. The van der Waals surface area contributed by atoms with Crippen LogP contribution in [0, 0.1) is 5.92 Å². The molecule has 112 valence electrons. The molecule has 0 aromatic carbocycles. The molecule has 2 N–H and O–H groups in total. The van der Waals surface area contributed by atoms with Crippen LogP contribution in [0.3, 0.4) is 0 Å². The molecule has 0 bridgehead atoms. The van der Waals surface area contributed by atoms with Crippen LogP contribution in [0.25, 0.3) is 11.4 Å². The summed E-state index contributed by atoms with van der Waals surface area (Å²) in [6, 6.07) is 1.98. The number of rotatable bonds is 4. The molecule has 0 radical (unpaired) electrons. The number of nitrogens with zero attached hydrogens (tertiary/aromatic N) is 4. The van der Waals surface area contributed by atoms with Gasteiger partial charge < -0.3 is 10.2 Å². The maximum Gasteiger partial charge on any atom is 0.245 e. The minimum absolute atomic E-state index is 0.760. The number of halogens is 1. The standard InChI is InChI=1S/C14H19BrN6/c1-16-7-10-2-4-21(5-3-10)14-18-13(19-20-14)11-6-12(15)9-17-8-11/h6,8-10,16H,2-5,7H2,1H3,(H,18,19,20). The molecule has 7 heteroatoms. The fourth-order valence-corrected chi connectivity index (χ4v) is 3.06. The van der Waals surface area contributed by atoms with E-state index < -0.39 is 0 Å². The lowest BCUT2D eigenvalue weighted by molar-refractivity contribution is 0.391. The number of aromatic nitrogens is 4. The first kappa shape index (κ1) is 14.5. The highest BCUT2D eigenvalue weighted by molar-refractivity contribution is 9.10. The van der Waals surface area contributed by atoms with Gasteiger partial charge in [0.15, 0.2) is 5.82 Å². The van der Waals surface area contributed by atoms with Crippen molar-refractivity contribution in [3.8, 4) is 11.4 Å². The van der Waals surface area contributed by atoms with Gasteiger partial charge in [-0.25, -0.2) is 0 Å². The van der Waals surface area contributed by atoms with Gasteiger partial charge in [0.1, 0.15) is 0 Å². The third-order valence-corrected chi connectivity index (χ3v) is 4.28. The minimum atomic E-state index is 0.760. The molecule has 3 heterocycles. The topological polar surface area (TPSA) is 69.7 Å². The van der Waals surface area contributed by atoms with Crippen LogP contribution in [0.15, 0.2) is 22.9 Å². The Morgan fingerprint density at radius 1 is 1.38 bits per heavy atom. The number of H-pyrrole nitrogens is 1. The highest BCUT2D eigenvalue weighted by Crippen LogP contribution is 2.23. The predicted molar refractivity (Wildman–Crippen MR) is 86.2 cm³/mol. The number of anilines is 1. The Labute approximate surface area is 132 Å². The average Bonchev–Trinajstić information content (AvgIpc) is 2.98. The monoisotopic (exact) mass is 350 g/mol. The Morgan fingerprint density at radius 3 is 2.90 bits per heavy atom. The van der Waals surface area contributed by atoms with Crippen molar-refractivity contribution in [1.29, 1.82) is 0 Å². The van der Waals surface area contributed by atoms with Crippen molar-refractivity contribution in [1.82, 2.24) is 25.5 Å². The number of aromatic amines is 1. The van der Waals surface area contributed by atoms with Crippen molar-refractivity contribution in [2.45, 2.75) is 12.8 Å². The van der Waals surface area contributed by atoms with E-state index in [0.29, 0.717) is 0 Å². The van der Waals surface area contributed by atoms with E-state index in [0.717, 1.165) is 47.4 Å². The zero-order valence-corrected chi connectivity index (χ0v) is 13.6. The second kappa shape index (κ2) is 6.53. The third kappa shape index (κ3) is 3.41. The Bertz CT molecular complexity index is 591. The summed E-state index contributed by atoms with van der Waals surface area (Å²) in [4.78, 5) is 11.0. The van der Waals surface area contributed by atoms with Crippen LogP contribution in [0.4, 0.5) is 5.95 Å². The minimum Gasteiger partial charge on any atom is -0.340 e. The summed E-state index contributed by atoms with van der Waals surface area (Å²) in [5, 5.41) is 10.6. The molecule has 1 fully saturated rings. The molecule has 21 heavy (non-hydrogen) atoms. The van der Waals surface area contributed by atoms with Crippen LogP contribution >= 0.6 is 15.9 Å². The third-order valence-electron chi connectivity index (χ3n) is 3.84. The fourth-order valence-electron chi connectivity index (χ4n) is 2.69. The number of piperidine rings is 1. The zero-order valence-electron chi connectivity index (χ0n) is 12.0. The van der Waals surface area contributed by atoms with E-state index in [-0.39, 0.29) is 0 Å². The molecule has 2 aromatic rings. The SMILES string of the molecule is CNCC1CCN(c2n[nH]c(-c3cncc(Br)c3)n2)CC1. The van der Waals surface area contributed by atoms with E-state index in [1.807, 2.05) is 13.1 Å². The molecule has 0 atom stereocenters. The van der Waals surface area contributed by atoms with Gasteiger partial charge in [-0.15, -0.1) is 5.10 Å². The summed E-state index contributed by atoms with van der Waals surface area (Å²) in [5.41, 5.74) is 0.938. The molecule has 0 spiro atoms. The van der Waals surface area contributed by atoms with E-state index in [1.54, 1.807) is 12.4 Å². The molecular weight excluding hydrogens is 332 g/mol. The van der Waals surface area contributed by atoms with E-state index in [2.05, 4.69) is 46.3 Å². The molecule has 0 saturated carbocycles. The maximum atomic E-state index is 4.60. The molecule has 1 aliphatic rings. The zero-order chi connectivity index (χ0) is 14.7. The molecular formula is C14H19BrN6. The Morgan fingerprint density at radius 2 is 2.19 bits per heavy atom. The summed E-state index contributed by atoms with van der Waals surface area (Å²) < 4.78 is 0.936. The van der Waals surface area contributed by atoms with Crippen LogP contribution in [0.2, 0.25) is 0 Å².